The Morgan fingerprint density at radius 3 is 2.39 bits per heavy atom. The van der Waals surface area contributed by atoms with Gasteiger partial charge in [-0.2, -0.15) is 0 Å². The van der Waals surface area contributed by atoms with Crippen molar-refractivity contribution >= 4 is 5.78 Å². The molecule has 4 aliphatic rings. The third kappa shape index (κ3) is 1.21. The lowest BCUT2D eigenvalue weighted by atomic mass is 9.60. The van der Waals surface area contributed by atoms with Gasteiger partial charge in [0.15, 0.2) is 0 Å². The van der Waals surface area contributed by atoms with E-state index < -0.39 is 0 Å². The summed E-state index contributed by atoms with van der Waals surface area (Å²) < 4.78 is 0. The summed E-state index contributed by atoms with van der Waals surface area (Å²) >= 11 is 0. The maximum absolute atomic E-state index is 13.2. The zero-order valence-electron chi connectivity index (χ0n) is 11.6. The molecule has 0 radical (unpaired) electrons. The predicted octanol–water partition coefficient (Wildman–Crippen LogP) is 3.98. The van der Waals surface area contributed by atoms with Gasteiger partial charge in [-0.1, -0.05) is 32.4 Å². The molecule has 0 spiro atoms. The van der Waals surface area contributed by atoms with Crippen molar-refractivity contribution in [1.29, 1.82) is 0 Å². The van der Waals surface area contributed by atoms with Crippen LogP contribution in [-0.2, 0) is 4.79 Å². The number of hydrogen-bond donors (Lipinski definition) is 0. The molecule has 3 fully saturated rings. The smallest absolute Gasteiger partial charge is 0.145 e. The number of allylic oxidation sites excluding steroid dienone is 2. The molecule has 98 valence electrons. The maximum Gasteiger partial charge on any atom is 0.145 e. The minimum Gasteiger partial charge on any atom is -0.298 e. The van der Waals surface area contributed by atoms with E-state index in [0.717, 1.165) is 12.3 Å². The first-order chi connectivity index (χ1) is 8.52. The van der Waals surface area contributed by atoms with Gasteiger partial charge in [0.2, 0.25) is 0 Å². The molecule has 0 heterocycles. The topological polar surface area (TPSA) is 17.1 Å². The van der Waals surface area contributed by atoms with Gasteiger partial charge in [-0.25, -0.2) is 0 Å². The third-order valence-corrected chi connectivity index (χ3v) is 6.87. The highest BCUT2D eigenvalue weighted by atomic mass is 16.1. The van der Waals surface area contributed by atoms with E-state index in [0.29, 0.717) is 23.5 Å². The van der Waals surface area contributed by atoms with E-state index in [2.05, 4.69) is 26.0 Å². The highest BCUT2D eigenvalue weighted by Crippen LogP contribution is 2.62. The van der Waals surface area contributed by atoms with Crippen LogP contribution in [0, 0.1) is 34.5 Å². The highest BCUT2D eigenvalue weighted by Gasteiger charge is 2.60. The average molecular weight is 244 g/mol. The Bertz CT molecular complexity index is 437. The van der Waals surface area contributed by atoms with Crippen LogP contribution in [0.2, 0.25) is 0 Å². The summed E-state index contributed by atoms with van der Waals surface area (Å²) in [5, 5.41) is 0. The summed E-state index contributed by atoms with van der Waals surface area (Å²) in [6, 6.07) is 0. The summed E-state index contributed by atoms with van der Waals surface area (Å²) in [5.74, 6) is 3.44. The minimum absolute atomic E-state index is 0.0238. The molecule has 0 aromatic carbocycles. The molecule has 18 heavy (non-hydrogen) atoms. The SMILES string of the molecule is CC1(C(=O)C2(C)CC3CCC2C3)CC2C=CC1C2. The van der Waals surface area contributed by atoms with E-state index in [1.807, 2.05) is 0 Å². The first-order valence-corrected chi connectivity index (χ1v) is 7.75. The molecule has 6 unspecified atom stereocenters. The summed E-state index contributed by atoms with van der Waals surface area (Å²) in [5.41, 5.74) is -0.00532. The van der Waals surface area contributed by atoms with Crippen LogP contribution < -0.4 is 0 Å². The summed E-state index contributed by atoms with van der Waals surface area (Å²) in [4.78, 5) is 13.2. The van der Waals surface area contributed by atoms with Gasteiger partial charge in [0.25, 0.3) is 0 Å². The van der Waals surface area contributed by atoms with Crippen molar-refractivity contribution in [2.24, 2.45) is 34.5 Å². The monoisotopic (exact) mass is 244 g/mol. The fourth-order valence-corrected chi connectivity index (χ4v) is 5.89. The average Bonchev–Trinajstić information content (AvgIpc) is 3.05. The lowest BCUT2D eigenvalue weighted by Gasteiger charge is -2.41. The lowest BCUT2D eigenvalue weighted by Crippen LogP contribution is -2.45. The Kier molecular flexibility index (Phi) is 2.06. The summed E-state index contributed by atoms with van der Waals surface area (Å²) in [7, 11) is 0. The third-order valence-electron chi connectivity index (χ3n) is 6.87. The molecule has 3 saturated carbocycles. The Morgan fingerprint density at radius 2 is 1.89 bits per heavy atom. The molecule has 6 atom stereocenters. The van der Waals surface area contributed by atoms with Crippen LogP contribution in [0.3, 0.4) is 0 Å². The van der Waals surface area contributed by atoms with E-state index in [1.54, 1.807) is 0 Å². The molecular weight excluding hydrogens is 220 g/mol. The highest BCUT2D eigenvalue weighted by molar-refractivity contribution is 5.91. The fourth-order valence-electron chi connectivity index (χ4n) is 5.89. The van der Waals surface area contributed by atoms with Gasteiger partial charge in [-0.05, 0) is 55.8 Å². The van der Waals surface area contributed by atoms with E-state index >= 15 is 0 Å². The number of carbonyl (C=O) groups is 1. The summed E-state index contributed by atoms with van der Waals surface area (Å²) in [6.45, 7) is 4.56. The number of hydrogen-bond acceptors (Lipinski definition) is 1. The number of carbonyl (C=O) groups excluding carboxylic acids is 1. The van der Waals surface area contributed by atoms with Crippen LogP contribution in [0.15, 0.2) is 12.2 Å². The van der Waals surface area contributed by atoms with Crippen molar-refractivity contribution in [3.8, 4) is 0 Å². The second-order valence-corrected chi connectivity index (χ2v) is 7.94. The van der Waals surface area contributed by atoms with Gasteiger partial charge in [0.1, 0.15) is 5.78 Å². The van der Waals surface area contributed by atoms with Gasteiger partial charge >= 0.3 is 0 Å². The number of rotatable bonds is 2. The van der Waals surface area contributed by atoms with Crippen LogP contribution in [0.25, 0.3) is 0 Å². The predicted molar refractivity (Wildman–Crippen MR) is 72.0 cm³/mol. The molecule has 4 rings (SSSR count). The van der Waals surface area contributed by atoms with Crippen molar-refractivity contribution in [3.05, 3.63) is 12.2 Å². The van der Waals surface area contributed by atoms with Crippen LogP contribution >= 0.6 is 0 Å². The van der Waals surface area contributed by atoms with Crippen molar-refractivity contribution in [1.82, 2.24) is 0 Å². The normalized spacial score (nSPS) is 56.6. The Hall–Kier alpha value is -0.590. The molecule has 4 aliphatic carbocycles. The molecule has 0 aliphatic heterocycles. The standard InChI is InChI=1S/C17H24O/c1-16(9-11-3-5-13(16)7-11)15(18)17(2)10-12-4-6-14(17)8-12/h3,5,11-14H,4,6-10H2,1-2H3. The molecular formula is C17H24O. The van der Waals surface area contributed by atoms with Crippen LogP contribution in [0.5, 0.6) is 0 Å². The summed E-state index contributed by atoms with van der Waals surface area (Å²) in [6.07, 6.45) is 12.3. The van der Waals surface area contributed by atoms with Crippen molar-refractivity contribution in [3.63, 3.8) is 0 Å². The minimum atomic E-state index is -0.0291. The molecule has 1 heteroatoms. The first kappa shape index (κ1) is 11.3. The van der Waals surface area contributed by atoms with E-state index in [-0.39, 0.29) is 10.8 Å². The maximum atomic E-state index is 13.2. The second-order valence-electron chi connectivity index (χ2n) is 7.94. The molecule has 1 nitrogen and oxygen atoms in total. The van der Waals surface area contributed by atoms with E-state index in [4.69, 9.17) is 0 Å². The van der Waals surface area contributed by atoms with E-state index in [9.17, 15) is 4.79 Å². The molecule has 0 amide bonds. The van der Waals surface area contributed by atoms with Crippen LogP contribution in [0.4, 0.5) is 0 Å². The van der Waals surface area contributed by atoms with Crippen molar-refractivity contribution < 1.29 is 4.79 Å². The van der Waals surface area contributed by atoms with Crippen LogP contribution in [0.1, 0.15) is 52.4 Å². The van der Waals surface area contributed by atoms with E-state index in [1.165, 1.54) is 32.1 Å². The van der Waals surface area contributed by atoms with Crippen molar-refractivity contribution in [2.75, 3.05) is 0 Å². The van der Waals surface area contributed by atoms with Crippen molar-refractivity contribution in [2.45, 2.75) is 52.4 Å². The molecule has 0 aromatic rings. The van der Waals surface area contributed by atoms with Gasteiger partial charge in [0, 0.05) is 10.8 Å². The van der Waals surface area contributed by atoms with Crippen LogP contribution in [-0.4, -0.2) is 5.78 Å². The van der Waals surface area contributed by atoms with Gasteiger partial charge in [-0.3, -0.25) is 4.79 Å². The molecule has 0 N–H and O–H groups in total. The fraction of sp³-hybridized carbons (Fsp3) is 0.824. The molecule has 4 bridgehead atoms. The second kappa shape index (κ2) is 3.29. The molecule has 0 saturated heterocycles. The Labute approximate surface area is 110 Å². The first-order valence-electron chi connectivity index (χ1n) is 7.75. The largest absolute Gasteiger partial charge is 0.298 e. The number of ketones is 1. The van der Waals surface area contributed by atoms with Gasteiger partial charge in [-0.15, -0.1) is 0 Å². The Morgan fingerprint density at radius 1 is 1.06 bits per heavy atom. The number of fused-ring (bicyclic) bond motifs is 4. The zero-order valence-corrected chi connectivity index (χ0v) is 11.6. The zero-order chi connectivity index (χ0) is 12.5. The van der Waals surface area contributed by atoms with Gasteiger partial charge in [0.05, 0.1) is 0 Å². The molecule has 0 aromatic heterocycles. The quantitative estimate of drug-likeness (QED) is 0.671. The lowest BCUT2D eigenvalue weighted by molar-refractivity contribution is -0.142. The Balaban J connectivity index is 1.66. The number of Topliss-reactive ketones (excluding diaryl/α,β-unsaturated/α-hetero) is 1. The van der Waals surface area contributed by atoms with Gasteiger partial charge < -0.3 is 0 Å².